The SMILES string of the molecule is COc1ccc(NC(=O)C2CCCO2)cc1O. The summed E-state index contributed by atoms with van der Waals surface area (Å²) in [6.07, 6.45) is 1.28. The first kappa shape index (κ1) is 11.7. The van der Waals surface area contributed by atoms with Crippen molar-refractivity contribution < 1.29 is 19.4 Å². The highest BCUT2D eigenvalue weighted by Crippen LogP contribution is 2.28. The lowest BCUT2D eigenvalue weighted by molar-refractivity contribution is -0.124. The number of anilines is 1. The van der Waals surface area contributed by atoms with Crippen molar-refractivity contribution in [3.63, 3.8) is 0 Å². The fourth-order valence-electron chi connectivity index (χ4n) is 1.77. The number of amides is 1. The minimum atomic E-state index is -0.376. The van der Waals surface area contributed by atoms with Gasteiger partial charge < -0.3 is 19.9 Å². The molecule has 92 valence electrons. The highest BCUT2D eigenvalue weighted by atomic mass is 16.5. The summed E-state index contributed by atoms with van der Waals surface area (Å²) in [6.45, 7) is 0.631. The first-order chi connectivity index (χ1) is 8.20. The molecule has 2 N–H and O–H groups in total. The number of benzene rings is 1. The molecule has 1 saturated heterocycles. The van der Waals surface area contributed by atoms with Crippen molar-refractivity contribution in [3.05, 3.63) is 18.2 Å². The van der Waals surface area contributed by atoms with E-state index in [0.29, 0.717) is 18.0 Å². The van der Waals surface area contributed by atoms with Crippen LogP contribution >= 0.6 is 0 Å². The quantitative estimate of drug-likeness (QED) is 0.836. The molecule has 1 aromatic rings. The van der Waals surface area contributed by atoms with Gasteiger partial charge in [-0.1, -0.05) is 0 Å². The number of nitrogens with one attached hydrogen (secondary N) is 1. The third-order valence-electron chi connectivity index (χ3n) is 2.67. The summed E-state index contributed by atoms with van der Waals surface area (Å²) < 4.78 is 10.2. The lowest BCUT2D eigenvalue weighted by Gasteiger charge is -2.11. The van der Waals surface area contributed by atoms with E-state index in [1.165, 1.54) is 13.2 Å². The summed E-state index contributed by atoms with van der Waals surface area (Å²) in [5.41, 5.74) is 0.531. The van der Waals surface area contributed by atoms with E-state index in [2.05, 4.69) is 5.32 Å². The zero-order chi connectivity index (χ0) is 12.3. The Morgan fingerprint density at radius 1 is 1.59 bits per heavy atom. The molecule has 1 aromatic carbocycles. The largest absolute Gasteiger partial charge is 0.504 e. The Morgan fingerprint density at radius 3 is 3.00 bits per heavy atom. The second kappa shape index (κ2) is 5.05. The molecule has 1 aliphatic heterocycles. The minimum Gasteiger partial charge on any atom is -0.504 e. The fraction of sp³-hybridized carbons (Fsp3) is 0.417. The second-order valence-electron chi connectivity index (χ2n) is 3.88. The van der Waals surface area contributed by atoms with E-state index in [4.69, 9.17) is 9.47 Å². The normalized spacial score (nSPS) is 19.0. The topological polar surface area (TPSA) is 67.8 Å². The zero-order valence-corrected chi connectivity index (χ0v) is 9.60. The predicted molar refractivity (Wildman–Crippen MR) is 62.3 cm³/mol. The van der Waals surface area contributed by atoms with E-state index in [1.807, 2.05) is 0 Å². The first-order valence-electron chi connectivity index (χ1n) is 5.50. The Hall–Kier alpha value is -1.75. The molecule has 1 unspecified atom stereocenters. The number of ether oxygens (including phenoxy) is 2. The van der Waals surface area contributed by atoms with Gasteiger partial charge in [0.2, 0.25) is 0 Å². The molecule has 0 spiro atoms. The number of phenolic OH excluding ortho intramolecular Hbond substituents is 1. The van der Waals surface area contributed by atoms with E-state index in [9.17, 15) is 9.90 Å². The van der Waals surface area contributed by atoms with E-state index >= 15 is 0 Å². The van der Waals surface area contributed by atoms with Crippen LogP contribution in [0.15, 0.2) is 18.2 Å². The van der Waals surface area contributed by atoms with Crippen LogP contribution in [-0.4, -0.2) is 30.8 Å². The Bertz CT molecular complexity index is 413. The number of hydrogen-bond donors (Lipinski definition) is 2. The van der Waals surface area contributed by atoms with Gasteiger partial charge >= 0.3 is 0 Å². The van der Waals surface area contributed by atoms with Gasteiger partial charge in [0.05, 0.1) is 7.11 Å². The average molecular weight is 237 g/mol. The van der Waals surface area contributed by atoms with Crippen LogP contribution in [0.2, 0.25) is 0 Å². The van der Waals surface area contributed by atoms with Crippen LogP contribution in [0, 0.1) is 0 Å². The number of rotatable bonds is 3. The van der Waals surface area contributed by atoms with Gasteiger partial charge in [-0.3, -0.25) is 4.79 Å². The van der Waals surface area contributed by atoms with Gasteiger partial charge in [-0.15, -0.1) is 0 Å². The lowest BCUT2D eigenvalue weighted by Crippen LogP contribution is -2.26. The molecule has 0 aliphatic carbocycles. The number of aromatic hydroxyl groups is 1. The Labute approximate surface area is 99.3 Å². The molecular weight excluding hydrogens is 222 g/mol. The highest BCUT2D eigenvalue weighted by Gasteiger charge is 2.23. The highest BCUT2D eigenvalue weighted by molar-refractivity contribution is 5.94. The predicted octanol–water partition coefficient (Wildman–Crippen LogP) is 1.52. The molecule has 0 bridgehead atoms. The van der Waals surface area contributed by atoms with E-state index in [1.54, 1.807) is 12.1 Å². The Balaban J connectivity index is 2.03. The Kier molecular flexibility index (Phi) is 3.49. The summed E-state index contributed by atoms with van der Waals surface area (Å²) in [5.74, 6) is 0.199. The molecule has 5 nitrogen and oxygen atoms in total. The lowest BCUT2D eigenvalue weighted by atomic mass is 10.2. The number of hydrogen-bond acceptors (Lipinski definition) is 4. The van der Waals surface area contributed by atoms with Crippen LogP contribution in [0.3, 0.4) is 0 Å². The maximum absolute atomic E-state index is 11.7. The van der Waals surface area contributed by atoms with E-state index in [0.717, 1.165) is 12.8 Å². The van der Waals surface area contributed by atoms with Gasteiger partial charge in [0.15, 0.2) is 11.5 Å². The molecule has 1 fully saturated rings. The van der Waals surface area contributed by atoms with Gasteiger partial charge in [0.25, 0.3) is 5.91 Å². The van der Waals surface area contributed by atoms with Crippen molar-refractivity contribution in [1.82, 2.24) is 0 Å². The summed E-state index contributed by atoms with van der Waals surface area (Å²) in [4.78, 5) is 11.7. The third kappa shape index (κ3) is 2.68. The molecule has 5 heteroatoms. The molecule has 1 aliphatic rings. The number of carbonyl (C=O) groups excluding carboxylic acids is 1. The number of phenols is 1. The molecular formula is C12H15NO4. The average Bonchev–Trinajstić information content (AvgIpc) is 2.82. The van der Waals surface area contributed by atoms with Crippen LogP contribution in [0.1, 0.15) is 12.8 Å². The standard InChI is InChI=1S/C12H15NO4/c1-16-10-5-4-8(7-9(10)14)13-12(15)11-3-2-6-17-11/h4-5,7,11,14H,2-3,6H2,1H3,(H,13,15). The summed E-state index contributed by atoms with van der Waals surface area (Å²) in [5, 5.41) is 12.3. The molecule has 1 amide bonds. The van der Waals surface area contributed by atoms with Gasteiger partial charge in [0.1, 0.15) is 6.10 Å². The van der Waals surface area contributed by atoms with E-state index in [-0.39, 0.29) is 17.8 Å². The van der Waals surface area contributed by atoms with Crippen LogP contribution in [0.5, 0.6) is 11.5 Å². The third-order valence-corrected chi connectivity index (χ3v) is 2.67. The summed E-state index contributed by atoms with van der Waals surface area (Å²) >= 11 is 0. The molecule has 1 heterocycles. The number of methoxy groups -OCH3 is 1. The molecule has 2 rings (SSSR count). The first-order valence-corrected chi connectivity index (χ1v) is 5.50. The molecule has 0 aromatic heterocycles. The second-order valence-corrected chi connectivity index (χ2v) is 3.88. The fourth-order valence-corrected chi connectivity index (χ4v) is 1.77. The maximum Gasteiger partial charge on any atom is 0.253 e. The minimum absolute atomic E-state index is 0.00218. The van der Waals surface area contributed by atoms with Crippen molar-refractivity contribution in [2.45, 2.75) is 18.9 Å². The van der Waals surface area contributed by atoms with Crippen LogP contribution in [0.4, 0.5) is 5.69 Å². The Morgan fingerprint density at radius 2 is 2.41 bits per heavy atom. The van der Waals surface area contributed by atoms with Crippen LogP contribution < -0.4 is 10.1 Å². The zero-order valence-electron chi connectivity index (χ0n) is 9.60. The molecule has 0 radical (unpaired) electrons. The van der Waals surface area contributed by atoms with Crippen molar-refractivity contribution in [2.24, 2.45) is 0 Å². The van der Waals surface area contributed by atoms with Gasteiger partial charge in [-0.05, 0) is 25.0 Å². The monoisotopic (exact) mass is 237 g/mol. The van der Waals surface area contributed by atoms with Gasteiger partial charge in [-0.25, -0.2) is 0 Å². The summed E-state index contributed by atoms with van der Waals surface area (Å²) in [6, 6.07) is 4.72. The van der Waals surface area contributed by atoms with Crippen molar-refractivity contribution >= 4 is 11.6 Å². The van der Waals surface area contributed by atoms with Crippen molar-refractivity contribution in [2.75, 3.05) is 19.0 Å². The van der Waals surface area contributed by atoms with Crippen LogP contribution in [0.25, 0.3) is 0 Å². The summed E-state index contributed by atoms with van der Waals surface area (Å²) in [7, 11) is 1.47. The van der Waals surface area contributed by atoms with Gasteiger partial charge in [-0.2, -0.15) is 0 Å². The smallest absolute Gasteiger partial charge is 0.253 e. The molecule has 0 saturated carbocycles. The molecule has 1 atom stereocenters. The van der Waals surface area contributed by atoms with Crippen LogP contribution in [-0.2, 0) is 9.53 Å². The van der Waals surface area contributed by atoms with Crippen molar-refractivity contribution in [1.29, 1.82) is 0 Å². The maximum atomic E-state index is 11.7. The van der Waals surface area contributed by atoms with Crippen molar-refractivity contribution in [3.8, 4) is 11.5 Å². The number of carbonyl (C=O) groups is 1. The van der Waals surface area contributed by atoms with Gasteiger partial charge in [0, 0.05) is 18.4 Å². The van der Waals surface area contributed by atoms with E-state index < -0.39 is 0 Å². The molecule has 17 heavy (non-hydrogen) atoms.